The molecular weight excluding hydrogens is 378 g/mol. The van der Waals surface area contributed by atoms with Crippen LogP contribution in [0, 0.1) is 0 Å². The van der Waals surface area contributed by atoms with Crippen LogP contribution in [0.4, 0.5) is 17.8 Å². The maximum atomic E-state index is 5.46. The van der Waals surface area contributed by atoms with Crippen LogP contribution in [0.5, 0.6) is 0 Å². The molecule has 1 aliphatic rings. The summed E-state index contributed by atoms with van der Waals surface area (Å²) in [4.78, 5) is 20.4. The number of aliphatic imine (C=N–C) groups is 1. The van der Waals surface area contributed by atoms with Crippen LogP contribution in [0.1, 0.15) is 25.2 Å². The summed E-state index contributed by atoms with van der Waals surface area (Å²) in [7, 11) is 0. The van der Waals surface area contributed by atoms with E-state index in [0.29, 0.717) is 36.8 Å². The molecule has 4 rings (SSSR count). The number of nitrogens with one attached hydrogen (secondary N) is 2. The van der Waals surface area contributed by atoms with Crippen LogP contribution in [0.3, 0.4) is 0 Å². The largest absolute Gasteiger partial charge is 0.465 e. The van der Waals surface area contributed by atoms with Crippen LogP contribution in [0.2, 0.25) is 0 Å². The first-order valence-corrected chi connectivity index (χ1v) is 10.1. The summed E-state index contributed by atoms with van der Waals surface area (Å²) in [6, 6.07) is 13.9. The van der Waals surface area contributed by atoms with Crippen LogP contribution in [0.15, 0.2) is 64.2 Å². The van der Waals surface area contributed by atoms with Crippen molar-refractivity contribution in [3.05, 3.63) is 66.1 Å². The van der Waals surface area contributed by atoms with Crippen molar-refractivity contribution in [1.29, 1.82) is 0 Å². The number of nitrogens with zero attached hydrogens (tertiary/aromatic N) is 5. The summed E-state index contributed by atoms with van der Waals surface area (Å²) in [6.07, 6.45) is 3.62. The number of hydrogen-bond donors (Lipinski definition) is 2. The van der Waals surface area contributed by atoms with Gasteiger partial charge in [0.05, 0.1) is 12.8 Å². The Morgan fingerprint density at radius 1 is 0.967 bits per heavy atom. The van der Waals surface area contributed by atoms with Crippen LogP contribution < -0.4 is 15.5 Å². The molecule has 1 aliphatic heterocycles. The third kappa shape index (κ3) is 4.65. The molecule has 2 N–H and O–H groups in total. The van der Waals surface area contributed by atoms with Crippen LogP contribution in [-0.2, 0) is 6.54 Å². The summed E-state index contributed by atoms with van der Waals surface area (Å²) in [5.74, 6) is 3.12. The minimum absolute atomic E-state index is 0.457. The van der Waals surface area contributed by atoms with E-state index in [-0.39, 0.29) is 0 Å². The monoisotopic (exact) mass is 403 g/mol. The van der Waals surface area contributed by atoms with Crippen LogP contribution in [-0.4, -0.2) is 40.4 Å². The minimum atomic E-state index is 0.457. The topological polar surface area (TPSA) is 91.5 Å². The number of hydrogen-bond acceptors (Lipinski definition) is 8. The summed E-state index contributed by atoms with van der Waals surface area (Å²) >= 11 is 0. The Bertz CT molecular complexity index is 1020. The zero-order chi connectivity index (χ0) is 20.8. The molecule has 8 nitrogen and oxygen atoms in total. The van der Waals surface area contributed by atoms with Crippen molar-refractivity contribution in [2.24, 2.45) is 4.99 Å². The van der Waals surface area contributed by atoms with E-state index in [2.05, 4.69) is 61.5 Å². The lowest BCUT2D eigenvalue weighted by molar-refractivity contribution is 0.552. The number of benzene rings is 1. The predicted octanol–water partition coefficient (Wildman–Crippen LogP) is 3.83. The van der Waals surface area contributed by atoms with E-state index in [1.807, 2.05) is 36.4 Å². The molecule has 3 heterocycles. The first-order chi connectivity index (χ1) is 14.7. The molecule has 8 heteroatoms. The Morgan fingerprint density at radius 2 is 1.77 bits per heavy atom. The highest BCUT2D eigenvalue weighted by Gasteiger charge is 2.16. The smallest absolute Gasteiger partial charge is 0.234 e. The Balaban J connectivity index is 1.54. The molecule has 0 aliphatic carbocycles. The lowest BCUT2D eigenvalue weighted by atomic mass is 10.2. The molecule has 30 heavy (non-hydrogen) atoms. The van der Waals surface area contributed by atoms with Crippen LogP contribution >= 0.6 is 0 Å². The highest BCUT2D eigenvalue weighted by molar-refractivity contribution is 6.09. The van der Waals surface area contributed by atoms with Gasteiger partial charge in [-0.15, -0.1) is 0 Å². The SMILES string of the molecule is CCN(CC)c1nc(NCc2ccccc2)nc(NC2=NCC(c3ccco3)=C2)n1. The molecule has 1 aromatic carbocycles. The summed E-state index contributed by atoms with van der Waals surface area (Å²) in [5, 5.41) is 6.52. The van der Waals surface area contributed by atoms with Crippen LogP contribution in [0.25, 0.3) is 5.57 Å². The second-order valence-corrected chi connectivity index (χ2v) is 6.77. The third-order valence-corrected chi connectivity index (χ3v) is 4.77. The number of aromatic nitrogens is 3. The normalized spacial score (nSPS) is 13.0. The molecule has 154 valence electrons. The Morgan fingerprint density at radius 3 is 2.50 bits per heavy atom. The van der Waals surface area contributed by atoms with Crippen molar-refractivity contribution in [2.45, 2.75) is 20.4 Å². The fourth-order valence-corrected chi connectivity index (χ4v) is 3.15. The zero-order valence-electron chi connectivity index (χ0n) is 17.2. The van der Waals surface area contributed by atoms with Crippen molar-refractivity contribution >= 4 is 29.3 Å². The first-order valence-electron chi connectivity index (χ1n) is 10.1. The summed E-state index contributed by atoms with van der Waals surface area (Å²) in [5.41, 5.74) is 2.17. The molecule has 0 fully saturated rings. The van der Waals surface area contributed by atoms with E-state index in [1.165, 1.54) is 0 Å². The van der Waals surface area contributed by atoms with Gasteiger partial charge in [0.15, 0.2) is 0 Å². The predicted molar refractivity (Wildman–Crippen MR) is 120 cm³/mol. The third-order valence-electron chi connectivity index (χ3n) is 4.77. The number of rotatable bonds is 8. The molecule has 0 amide bonds. The Kier molecular flexibility index (Phi) is 6.03. The number of anilines is 3. The molecule has 0 unspecified atom stereocenters. The van der Waals surface area contributed by atoms with E-state index in [9.17, 15) is 0 Å². The van der Waals surface area contributed by atoms with Crippen molar-refractivity contribution in [1.82, 2.24) is 15.0 Å². The lowest BCUT2D eigenvalue weighted by Crippen LogP contribution is -2.26. The quantitative estimate of drug-likeness (QED) is 0.590. The minimum Gasteiger partial charge on any atom is -0.465 e. The molecular formula is C22H25N7O. The maximum absolute atomic E-state index is 5.46. The molecule has 0 atom stereocenters. The summed E-state index contributed by atoms with van der Waals surface area (Å²) in [6.45, 7) is 6.96. The standard InChI is InChI=1S/C22H25N7O/c1-3-29(4-2)22-27-20(24-14-16-9-6-5-7-10-16)26-21(28-22)25-19-13-17(15-23-19)18-11-8-12-30-18/h5-13H,3-4,14-15H2,1-2H3,(H2,23,24,25,26,27,28). The van der Waals surface area contributed by atoms with Gasteiger partial charge in [-0.2, -0.15) is 15.0 Å². The molecule has 3 aromatic rings. The van der Waals surface area contributed by atoms with Gasteiger partial charge in [0.2, 0.25) is 17.8 Å². The van der Waals surface area contributed by atoms with E-state index in [1.54, 1.807) is 6.26 Å². The molecule has 0 spiro atoms. The van der Waals surface area contributed by atoms with E-state index >= 15 is 0 Å². The van der Waals surface area contributed by atoms with Gasteiger partial charge in [-0.1, -0.05) is 30.3 Å². The van der Waals surface area contributed by atoms with E-state index < -0.39 is 0 Å². The van der Waals surface area contributed by atoms with Gasteiger partial charge < -0.3 is 20.0 Å². The fraction of sp³-hybridized carbons (Fsp3) is 0.273. The average molecular weight is 403 g/mol. The van der Waals surface area contributed by atoms with Gasteiger partial charge in [-0.05, 0) is 37.6 Å². The number of furan rings is 1. The van der Waals surface area contributed by atoms with E-state index in [4.69, 9.17) is 4.42 Å². The first kappa shape index (κ1) is 19.6. The zero-order valence-corrected chi connectivity index (χ0v) is 17.2. The highest BCUT2D eigenvalue weighted by atomic mass is 16.3. The van der Waals surface area contributed by atoms with Gasteiger partial charge in [0.25, 0.3) is 0 Å². The van der Waals surface area contributed by atoms with Crippen molar-refractivity contribution < 1.29 is 4.42 Å². The molecule has 0 saturated heterocycles. The van der Waals surface area contributed by atoms with Crippen molar-refractivity contribution in [3.8, 4) is 0 Å². The fourth-order valence-electron chi connectivity index (χ4n) is 3.15. The van der Waals surface area contributed by atoms with Gasteiger partial charge >= 0.3 is 0 Å². The second-order valence-electron chi connectivity index (χ2n) is 6.77. The Hall–Kier alpha value is -3.68. The van der Waals surface area contributed by atoms with Crippen molar-refractivity contribution in [3.63, 3.8) is 0 Å². The Labute approximate surface area is 175 Å². The van der Waals surface area contributed by atoms with Gasteiger partial charge in [0.1, 0.15) is 11.6 Å². The highest BCUT2D eigenvalue weighted by Crippen LogP contribution is 2.21. The molecule has 0 radical (unpaired) electrons. The number of amidine groups is 1. The van der Waals surface area contributed by atoms with E-state index in [0.717, 1.165) is 30.0 Å². The molecule has 0 bridgehead atoms. The molecule has 2 aromatic heterocycles. The lowest BCUT2D eigenvalue weighted by Gasteiger charge is -2.19. The van der Waals surface area contributed by atoms with Gasteiger partial charge in [0, 0.05) is 25.2 Å². The van der Waals surface area contributed by atoms with Gasteiger partial charge in [-0.25, -0.2) is 0 Å². The van der Waals surface area contributed by atoms with Crippen molar-refractivity contribution in [2.75, 3.05) is 35.2 Å². The van der Waals surface area contributed by atoms with Gasteiger partial charge in [-0.3, -0.25) is 4.99 Å². The summed E-state index contributed by atoms with van der Waals surface area (Å²) < 4.78 is 5.46. The molecule has 0 saturated carbocycles. The maximum Gasteiger partial charge on any atom is 0.234 e. The second kappa shape index (κ2) is 9.21. The average Bonchev–Trinajstić information content (AvgIpc) is 3.46.